The Hall–Kier alpha value is -3.22. The lowest BCUT2D eigenvalue weighted by molar-refractivity contribution is 0.613. The van der Waals surface area contributed by atoms with Crippen molar-refractivity contribution in [3.05, 3.63) is 64.7 Å². The van der Waals surface area contributed by atoms with Gasteiger partial charge >= 0.3 is 0 Å². The standard InChI is InChI=1S/C15H12N6O/c16-14-18-12(9-4-3-7-17-8-9)21-11-6-2-1-5-10(11)13(22)19-15(21)20-14/h1-8,12H,(H3,16,18,19,20,22)/t12-/m0/s1. The van der Waals surface area contributed by atoms with Gasteiger partial charge in [-0.05, 0) is 18.2 Å². The van der Waals surface area contributed by atoms with Crippen LogP contribution in [0.25, 0.3) is 10.9 Å². The van der Waals surface area contributed by atoms with Crippen LogP contribution in [0.2, 0.25) is 0 Å². The molecule has 4 rings (SSSR count). The molecule has 22 heavy (non-hydrogen) atoms. The molecule has 0 amide bonds. The second-order valence-corrected chi connectivity index (χ2v) is 4.93. The number of aromatic nitrogens is 3. The Morgan fingerprint density at radius 2 is 2.05 bits per heavy atom. The van der Waals surface area contributed by atoms with Gasteiger partial charge in [0.1, 0.15) is 0 Å². The number of hydrogen-bond donors (Lipinski definition) is 2. The SMILES string of the molecule is NC1=N[C@H](c2cccnc2)n2c(nc(=O)c3ccccc32)N1. The molecule has 0 bridgehead atoms. The monoisotopic (exact) mass is 292 g/mol. The van der Waals surface area contributed by atoms with Crippen molar-refractivity contribution in [1.29, 1.82) is 0 Å². The van der Waals surface area contributed by atoms with Crippen molar-refractivity contribution in [2.75, 3.05) is 5.32 Å². The summed E-state index contributed by atoms with van der Waals surface area (Å²) in [6.07, 6.45) is 3.01. The van der Waals surface area contributed by atoms with E-state index in [-0.39, 0.29) is 11.5 Å². The number of benzene rings is 1. The maximum absolute atomic E-state index is 12.1. The highest BCUT2D eigenvalue weighted by Gasteiger charge is 2.24. The van der Waals surface area contributed by atoms with Crippen molar-refractivity contribution >= 4 is 22.8 Å². The third-order valence-corrected chi connectivity index (χ3v) is 3.56. The number of rotatable bonds is 1. The highest BCUT2D eigenvalue weighted by molar-refractivity contribution is 5.93. The maximum atomic E-state index is 12.1. The first-order chi connectivity index (χ1) is 10.7. The first-order valence-corrected chi connectivity index (χ1v) is 6.75. The van der Waals surface area contributed by atoms with Crippen LogP contribution in [0.4, 0.5) is 5.95 Å². The lowest BCUT2D eigenvalue weighted by Crippen LogP contribution is -2.34. The van der Waals surface area contributed by atoms with Crippen LogP contribution < -0.4 is 16.6 Å². The number of guanidine groups is 1. The minimum atomic E-state index is -0.414. The summed E-state index contributed by atoms with van der Waals surface area (Å²) in [6, 6.07) is 11.0. The van der Waals surface area contributed by atoms with Gasteiger partial charge in [-0.15, -0.1) is 0 Å². The Bertz CT molecular complexity index is 947. The fraction of sp³-hybridized carbons (Fsp3) is 0.0667. The van der Waals surface area contributed by atoms with Gasteiger partial charge in [-0.1, -0.05) is 18.2 Å². The minimum Gasteiger partial charge on any atom is -0.370 e. The summed E-state index contributed by atoms with van der Waals surface area (Å²) in [5.41, 5.74) is 7.15. The smallest absolute Gasteiger partial charge is 0.282 e. The number of pyridine rings is 1. The van der Waals surface area contributed by atoms with Gasteiger partial charge in [0, 0.05) is 18.0 Å². The molecule has 1 aromatic carbocycles. The van der Waals surface area contributed by atoms with Gasteiger partial charge in [-0.2, -0.15) is 4.98 Å². The molecule has 0 unspecified atom stereocenters. The number of nitrogens with two attached hydrogens (primary N) is 1. The molecule has 0 saturated carbocycles. The molecular formula is C15H12N6O. The molecule has 0 radical (unpaired) electrons. The molecule has 2 aromatic heterocycles. The molecule has 0 fully saturated rings. The van der Waals surface area contributed by atoms with E-state index in [0.29, 0.717) is 11.3 Å². The van der Waals surface area contributed by atoms with Crippen LogP contribution >= 0.6 is 0 Å². The fourth-order valence-corrected chi connectivity index (χ4v) is 2.61. The number of anilines is 1. The Labute approximate surface area is 125 Å². The largest absolute Gasteiger partial charge is 0.370 e. The lowest BCUT2D eigenvalue weighted by Gasteiger charge is -2.26. The van der Waals surface area contributed by atoms with Crippen molar-refractivity contribution < 1.29 is 0 Å². The third-order valence-electron chi connectivity index (χ3n) is 3.56. The van der Waals surface area contributed by atoms with E-state index in [1.165, 1.54) is 0 Å². The van der Waals surface area contributed by atoms with E-state index < -0.39 is 6.17 Å². The lowest BCUT2D eigenvalue weighted by atomic mass is 10.2. The van der Waals surface area contributed by atoms with Gasteiger partial charge in [0.15, 0.2) is 12.1 Å². The molecule has 3 aromatic rings. The van der Waals surface area contributed by atoms with Crippen molar-refractivity contribution in [2.45, 2.75) is 6.17 Å². The summed E-state index contributed by atoms with van der Waals surface area (Å²) in [5.74, 6) is 0.598. The van der Waals surface area contributed by atoms with E-state index in [1.807, 2.05) is 34.9 Å². The molecule has 0 saturated heterocycles. The van der Waals surface area contributed by atoms with Gasteiger partial charge in [0.25, 0.3) is 5.56 Å². The summed E-state index contributed by atoms with van der Waals surface area (Å²) in [7, 11) is 0. The highest BCUT2D eigenvalue weighted by atomic mass is 16.1. The van der Waals surface area contributed by atoms with E-state index in [9.17, 15) is 4.79 Å². The molecule has 7 nitrogen and oxygen atoms in total. The molecule has 7 heteroatoms. The van der Waals surface area contributed by atoms with Crippen LogP contribution in [0.5, 0.6) is 0 Å². The Morgan fingerprint density at radius 1 is 1.18 bits per heavy atom. The Kier molecular flexibility index (Phi) is 2.65. The van der Waals surface area contributed by atoms with Gasteiger partial charge < -0.3 is 5.73 Å². The first kappa shape index (κ1) is 12.5. The van der Waals surface area contributed by atoms with Crippen LogP contribution in [-0.2, 0) is 0 Å². The number of hydrogen-bond acceptors (Lipinski definition) is 6. The average molecular weight is 292 g/mol. The molecule has 1 aliphatic rings. The number of para-hydroxylation sites is 1. The predicted octanol–water partition coefficient (Wildman–Crippen LogP) is 1.08. The second-order valence-electron chi connectivity index (χ2n) is 4.93. The van der Waals surface area contributed by atoms with Gasteiger partial charge in [0.2, 0.25) is 5.95 Å². The predicted molar refractivity (Wildman–Crippen MR) is 83.6 cm³/mol. The first-order valence-electron chi connectivity index (χ1n) is 6.75. The molecule has 0 aliphatic carbocycles. The normalized spacial score (nSPS) is 16.7. The summed E-state index contributed by atoms with van der Waals surface area (Å²) in [6.45, 7) is 0. The zero-order valence-corrected chi connectivity index (χ0v) is 11.5. The summed E-state index contributed by atoms with van der Waals surface area (Å²) in [4.78, 5) is 24.8. The van der Waals surface area contributed by atoms with Crippen molar-refractivity contribution in [2.24, 2.45) is 10.7 Å². The van der Waals surface area contributed by atoms with Crippen LogP contribution in [0.15, 0.2) is 58.6 Å². The summed E-state index contributed by atoms with van der Waals surface area (Å²) < 4.78 is 1.85. The number of fused-ring (bicyclic) bond motifs is 3. The summed E-state index contributed by atoms with van der Waals surface area (Å²) in [5, 5.41) is 3.39. The van der Waals surface area contributed by atoms with E-state index >= 15 is 0 Å². The highest BCUT2D eigenvalue weighted by Crippen LogP contribution is 2.29. The van der Waals surface area contributed by atoms with Crippen LogP contribution in [0.1, 0.15) is 11.7 Å². The van der Waals surface area contributed by atoms with E-state index in [0.717, 1.165) is 11.1 Å². The Balaban J connectivity index is 2.06. The zero-order chi connectivity index (χ0) is 15.1. The molecular weight excluding hydrogens is 280 g/mol. The van der Waals surface area contributed by atoms with E-state index in [1.54, 1.807) is 18.5 Å². The van der Waals surface area contributed by atoms with Gasteiger partial charge in [-0.3, -0.25) is 19.7 Å². The summed E-state index contributed by atoms with van der Waals surface area (Å²) >= 11 is 0. The zero-order valence-electron chi connectivity index (χ0n) is 11.5. The Morgan fingerprint density at radius 3 is 2.86 bits per heavy atom. The maximum Gasteiger partial charge on any atom is 0.282 e. The van der Waals surface area contributed by atoms with Gasteiger partial charge in [-0.25, -0.2) is 4.99 Å². The van der Waals surface area contributed by atoms with Crippen molar-refractivity contribution in [1.82, 2.24) is 14.5 Å². The topological polar surface area (TPSA) is 98.2 Å². The molecule has 1 aliphatic heterocycles. The molecule has 3 heterocycles. The van der Waals surface area contributed by atoms with Crippen molar-refractivity contribution in [3.8, 4) is 0 Å². The van der Waals surface area contributed by atoms with Gasteiger partial charge in [0.05, 0.1) is 10.9 Å². The third kappa shape index (κ3) is 1.83. The van der Waals surface area contributed by atoms with Crippen molar-refractivity contribution in [3.63, 3.8) is 0 Å². The molecule has 1 atom stereocenters. The molecule has 3 N–H and O–H groups in total. The van der Waals surface area contributed by atoms with Crippen LogP contribution in [-0.4, -0.2) is 20.5 Å². The van der Waals surface area contributed by atoms with Crippen LogP contribution in [0.3, 0.4) is 0 Å². The molecule has 0 spiro atoms. The quantitative estimate of drug-likeness (QED) is 0.699. The second kappa shape index (κ2) is 4.66. The molecule has 108 valence electrons. The number of nitrogens with one attached hydrogen (secondary N) is 1. The van der Waals surface area contributed by atoms with E-state index in [4.69, 9.17) is 5.73 Å². The number of nitrogens with zero attached hydrogens (tertiary/aromatic N) is 4. The van der Waals surface area contributed by atoms with E-state index in [2.05, 4.69) is 20.3 Å². The number of aliphatic imine (C=N–C) groups is 1. The average Bonchev–Trinajstić information content (AvgIpc) is 2.55. The fourth-order valence-electron chi connectivity index (χ4n) is 2.61. The van der Waals surface area contributed by atoms with Crippen LogP contribution in [0, 0.1) is 0 Å². The minimum absolute atomic E-state index is 0.219.